The van der Waals surface area contributed by atoms with E-state index in [9.17, 15) is 10.2 Å². The van der Waals surface area contributed by atoms with Crippen LogP contribution in [0.25, 0.3) is 0 Å². The summed E-state index contributed by atoms with van der Waals surface area (Å²) in [6.07, 6.45) is 5.19. The van der Waals surface area contributed by atoms with Crippen LogP contribution in [0, 0.1) is 11.8 Å². The average Bonchev–Trinajstić information content (AvgIpc) is 2.38. The minimum atomic E-state index is 0.182. The maximum atomic E-state index is 10.4. The maximum Gasteiger partial charge on any atom is 0.123 e. The Bertz CT molecular complexity index is 495. The molecule has 2 heteroatoms. The van der Waals surface area contributed by atoms with Gasteiger partial charge in [0.15, 0.2) is 0 Å². The maximum absolute atomic E-state index is 10.4. The summed E-state index contributed by atoms with van der Waals surface area (Å²) in [6, 6.07) is 3.65. The van der Waals surface area contributed by atoms with Gasteiger partial charge in [-0.05, 0) is 61.6 Å². The van der Waals surface area contributed by atoms with Gasteiger partial charge in [0, 0.05) is 5.56 Å². The van der Waals surface area contributed by atoms with E-state index in [0.717, 1.165) is 42.4 Å². The van der Waals surface area contributed by atoms with Crippen LogP contribution < -0.4 is 0 Å². The van der Waals surface area contributed by atoms with Crippen molar-refractivity contribution in [3.05, 3.63) is 35.4 Å². The van der Waals surface area contributed by atoms with Gasteiger partial charge in [-0.15, -0.1) is 0 Å². The van der Waals surface area contributed by atoms with Crippen molar-refractivity contribution >= 4 is 0 Å². The molecular formula is C19H28O2. The topological polar surface area (TPSA) is 40.5 Å². The molecule has 0 aliphatic heterocycles. The number of aryl methyl sites for hydroxylation is 1. The Morgan fingerprint density at radius 2 is 1.86 bits per heavy atom. The van der Waals surface area contributed by atoms with Crippen molar-refractivity contribution < 1.29 is 10.2 Å². The molecule has 1 aromatic rings. The highest BCUT2D eigenvalue weighted by Gasteiger charge is 2.33. The number of benzene rings is 1. The zero-order valence-electron chi connectivity index (χ0n) is 13.5. The van der Waals surface area contributed by atoms with E-state index in [4.69, 9.17) is 0 Å². The number of hydrogen-bond donors (Lipinski definition) is 2. The fraction of sp³-hybridized carbons (Fsp3) is 0.579. The molecule has 1 saturated carbocycles. The highest BCUT2D eigenvalue weighted by molar-refractivity contribution is 5.49. The van der Waals surface area contributed by atoms with E-state index in [-0.39, 0.29) is 17.4 Å². The molecule has 2 nitrogen and oxygen atoms in total. The number of allylic oxidation sites excluding steroid dienone is 1. The van der Waals surface area contributed by atoms with Crippen LogP contribution in [0.2, 0.25) is 0 Å². The molecule has 0 bridgehead atoms. The van der Waals surface area contributed by atoms with Gasteiger partial charge in [0.05, 0.1) is 0 Å². The van der Waals surface area contributed by atoms with Crippen molar-refractivity contribution in [2.24, 2.45) is 11.8 Å². The van der Waals surface area contributed by atoms with Crippen molar-refractivity contribution in [2.45, 2.75) is 58.8 Å². The number of hydrogen-bond acceptors (Lipinski definition) is 2. The summed E-state index contributed by atoms with van der Waals surface area (Å²) in [6.45, 7) is 10.5. The second-order valence-corrected chi connectivity index (χ2v) is 6.78. The molecule has 0 radical (unpaired) electrons. The van der Waals surface area contributed by atoms with Gasteiger partial charge in [-0.25, -0.2) is 0 Å². The normalized spacial score (nSPS) is 25.8. The molecule has 1 aliphatic rings. The van der Waals surface area contributed by atoms with Crippen LogP contribution in [-0.2, 0) is 6.42 Å². The minimum Gasteiger partial charge on any atom is -0.508 e. The van der Waals surface area contributed by atoms with E-state index < -0.39 is 0 Å². The van der Waals surface area contributed by atoms with E-state index >= 15 is 0 Å². The van der Waals surface area contributed by atoms with Crippen molar-refractivity contribution in [1.82, 2.24) is 0 Å². The van der Waals surface area contributed by atoms with Crippen LogP contribution in [0.1, 0.15) is 63.5 Å². The molecule has 0 heterocycles. The Hall–Kier alpha value is -1.44. The summed E-state index contributed by atoms with van der Waals surface area (Å²) in [7, 11) is 0. The summed E-state index contributed by atoms with van der Waals surface area (Å²) < 4.78 is 0. The molecule has 0 spiro atoms. The molecule has 1 aromatic carbocycles. The lowest BCUT2D eigenvalue weighted by Crippen LogP contribution is -2.23. The molecule has 1 fully saturated rings. The molecule has 0 amide bonds. The Balaban J connectivity index is 2.40. The van der Waals surface area contributed by atoms with Gasteiger partial charge in [0.1, 0.15) is 11.5 Å². The lowest BCUT2D eigenvalue weighted by atomic mass is 9.69. The highest BCUT2D eigenvalue weighted by atomic mass is 16.3. The summed E-state index contributed by atoms with van der Waals surface area (Å²) in [5.41, 5.74) is 2.89. The first-order chi connectivity index (χ1) is 9.93. The zero-order valence-corrected chi connectivity index (χ0v) is 13.5. The number of phenolic OH excluding ortho intramolecular Hbond substituents is 2. The quantitative estimate of drug-likeness (QED) is 0.752. The van der Waals surface area contributed by atoms with Gasteiger partial charge in [-0.2, -0.15) is 0 Å². The summed E-state index contributed by atoms with van der Waals surface area (Å²) >= 11 is 0. The SMILES string of the molecule is C=C(C)[C@@H]1CC[C@H](C)C[C@@H]1c1c(O)cc(CCC)cc1O. The van der Waals surface area contributed by atoms with Gasteiger partial charge >= 0.3 is 0 Å². The van der Waals surface area contributed by atoms with E-state index in [0.29, 0.717) is 11.8 Å². The first kappa shape index (κ1) is 15.9. The molecule has 2 N–H and O–H groups in total. The lowest BCUT2D eigenvalue weighted by Gasteiger charge is -2.36. The van der Waals surface area contributed by atoms with Crippen LogP contribution in [0.3, 0.4) is 0 Å². The van der Waals surface area contributed by atoms with Crippen molar-refractivity contribution in [3.8, 4) is 11.5 Å². The van der Waals surface area contributed by atoms with E-state index in [1.165, 1.54) is 6.42 Å². The smallest absolute Gasteiger partial charge is 0.123 e. The third kappa shape index (κ3) is 3.42. The predicted molar refractivity (Wildman–Crippen MR) is 87.8 cm³/mol. The fourth-order valence-corrected chi connectivity index (χ4v) is 3.78. The molecular weight excluding hydrogens is 260 g/mol. The summed E-state index contributed by atoms with van der Waals surface area (Å²) in [5.74, 6) is 1.67. The van der Waals surface area contributed by atoms with Crippen LogP contribution in [-0.4, -0.2) is 10.2 Å². The van der Waals surface area contributed by atoms with E-state index in [2.05, 4.69) is 27.4 Å². The Morgan fingerprint density at radius 1 is 1.24 bits per heavy atom. The van der Waals surface area contributed by atoms with Gasteiger partial charge in [-0.3, -0.25) is 0 Å². The largest absolute Gasteiger partial charge is 0.508 e. The number of rotatable bonds is 4. The van der Waals surface area contributed by atoms with Crippen LogP contribution in [0.4, 0.5) is 0 Å². The van der Waals surface area contributed by atoms with Crippen molar-refractivity contribution in [2.75, 3.05) is 0 Å². The first-order valence-electron chi connectivity index (χ1n) is 8.14. The molecule has 0 saturated heterocycles. The monoisotopic (exact) mass is 288 g/mol. The summed E-state index contributed by atoms with van der Waals surface area (Å²) in [5, 5.41) is 20.9. The minimum absolute atomic E-state index is 0.182. The molecule has 116 valence electrons. The molecule has 0 unspecified atom stereocenters. The predicted octanol–water partition coefficient (Wildman–Crippen LogP) is 5.15. The van der Waals surface area contributed by atoms with Gasteiger partial charge in [-0.1, -0.05) is 38.8 Å². The fourth-order valence-electron chi connectivity index (χ4n) is 3.78. The first-order valence-corrected chi connectivity index (χ1v) is 8.14. The van der Waals surface area contributed by atoms with E-state index in [1.807, 2.05) is 12.1 Å². The highest BCUT2D eigenvalue weighted by Crippen LogP contribution is 2.49. The Kier molecular flexibility index (Phi) is 4.97. The summed E-state index contributed by atoms with van der Waals surface area (Å²) in [4.78, 5) is 0. The van der Waals surface area contributed by atoms with Gasteiger partial charge in [0.25, 0.3) is 0 Å². The van der Waals surface area contributed by atoms with Gasteiger partial charge < -0.3 is 10.2 Å². The zero-order chi connectivity index (χ0) is 15.6. The number of aromatic hydroxyl groups is 2. The standard InChI is InChI=1S/C19H28O2/c1-5-6-14-10-17(20)19(18(21)11-14)16-9-13(4)7-8-15(16)12(2)3/h10-11,13,15-16,20-21H,2,5-9H2,1,3-4H3/t13-,15-,16-/m0/s1. The molecule has 2 rings (SSSR count). The van der Waals surface area contributed by atoms with Crippen LogP contribution >= 0.6 is 0 Å². The van der Waals surface area contributed by atoms with Crippen molar-refractivity contribution in [3.63, 3.8) is 0 Å². The van der Waals surface area contributed by atoms with Crippen LogP contribution in [0.5, 0.6) is 11.5 Å². The van der Waals surface area contributed by atoms with Gasteiger partial charge in [0.2, 0.25) is 0 Å². The van der Waals surface area contributed by atoms with Crippen LogP contribution in [0.15, 0.2) is 24.3 Å². The second-order valence-electron chi connectivity index (χ2n) is 6.78. The Labute approximate surface area is 128 Å². The lowest BCUT2D eigenvalue weighted by molar-refractivity contribution is 0.267. The average molecular weight is 288 g/mol. The third-order valence-electron chi connectivity index (χ3n) is 4.85. The molecule has 1 aliphatic carbocycles. The Morgan fingerprint density at radius 3 is 2.38 bits per heavy atom. The number of phenols is 2. The molecule has 21 heavy (non-hydrogen) atoms. The molecule has 0 aromatic heterocycles. The third-order valence-corrected chi connectivity index (χ3v) is 4.85. The van der Waals surface area contributed by atoms with Crippen molar-refractivity contribution in [1.29, 1.82) is 0 Å². The second kappa shape index (κ2) is 6.55. The molecule has 3 atom stereocenters. The van der Waals surface area contributed by atoms with E-state index in [1.54, 1.807) is 0 Å².